The molecule has 3 nitrogen and oxygen atoms in total. The predicted molar refractivity (Wildman–Crippen MR) is 121 cm³/mol. The first-order chi connectivity index (χ1) is 15.7. The third-order valence-corrected chi connectivity index (χ3v) is 6.34. The van der Waals surface area contributed by atoms with Crippen LogP contribution in [-0.2, 0) is 6.42 Å². The highest BCUT2D eigenvalue weighted by molar-refractivity contribution is 5.91. The molecule has 0 spiro atoms. The Morgan fingerprint density at radius 3 is 2.15 bits per heavy atom. The van der Waals surface area contributed by atoms with Crippen molar-refractivity contribution in [2.24, 2.45) is 5.92 Å². The van der Waals surface area contributed by atoms with Crippen LogP contribution >= 0.6 is 0 Å². The van der Waals surface area contributed by atoms with E-state index in [-0.39, 0.29) is 5.92 Å². The maximum Gasteiger partial charge on any atom is 0.389 e. The predicted octanol–water partition coefficient (Wildman–Crippen LogP) is 7.20. The summed E-state index contributed by atoms with van der Waals surface area (Å²) in [5.74, 6) is 0.0875. The van der Waals surface area contributed by atoms with Crippen LogP contribution in [-0.4, -0.2) is 19.3 Å². The van der Waals surface area contributed by atoms with Crippen molar-refractivity contribution in [1.82, 2.24) is 0 Å². The number of carbonyl (C=O) groups is 1. The third kappa shape index (κ3) is 5.38. The number of rotatable bonds is 5. The van der Waals surface area contributed by atoms with Crippen LogP contribution in [0.2, 0.25) is 0 Å². The number of esters is 1. The van der Waals surface area contributed by atoms with Crippen LogP contribution in [0, 0.1) is 5.92 Å². The molecule has 4 rings (SSSR count). The molecule has 172 valence electrons. The maximum atomic E-state index is 12.8. The zero-order chi connectivity index (χ0) is 23.6. The van der Waals surface area contributed by atoms with E-state index in [4.69, 9.17) is 9.47 Å². The molecule has 0 saturated heterocycles. The second kappa shape index (κ2) is 9.30. The van der Waals surface area contributed by atoms with Gasteiger partial charge in [0.05, 0.1) is 12.7 Å². The molecule has 0 aromatic heterocycles. The van der Waals surface area contributed by atoms with E-state index < -0.39 is 24.5 Å². The number of alkyl halides is 3. The van der Waals surface area contributed by atoms with Gasteiger partial charge < -0.3 is 9.47 Å². The molecular weight excluding hydrogens is 429 g/mol. The Morgan fingerprint density at radius 1 is 0.939 bits per heavy atom. The smallest absolute Gasteiger partial charge is 0.389 e. The Balaban J connectivity index is 1.43. The summed E-state index contributed by atoms with van der Waals surface area (Å²) in [5.41, 5.74) is 4.23. The van der Waals surface area contributed by atoms with E-state index in [1.807, 2.05) is 43.3 Å². The van der Waals surface area contributed by atoms with Crippen molar-refractivity contribution in [2.75, 3.05) is 7.11 Å². The van der Waals surface area contributed by atoms with E-state index in [1.165, 1.54) is 0 Å². The number of ether oxygens (including phenoxy) is 2. The summed E-state index contributed by atoms with van der Waals surface area (Å²) >= 11 is 0. The minimum atomic E-state index is -4.16. The number of methoxy groups -OCH3 is 1. The van der Waals surface area contributed by atoms with Gasteiger partial charge in [-0.15, -0.1) is 0 Å². The van der Waals surface area contributed by atoms with Crippen molar-refractivity contribution in [3.63, 3.8) is 0 Å². The molecule has 0 saturated carbocycles. The van der Waals surface area contributed by atoms with Crippen molar-refractivity contribution >= 4 is 5.97 Å². The first-order valence-electron chi connectivity index (χ1n) is 10.9. The van der Waals surface area contributed by atoms with Crippen LogP contribution in [0.1, 0.15) is 47.2 Å². The van der Waals surface area contributed by atoms with E-state index in [9.17, 15) is 18.0 Å². The average Bonchev–Trinajstić information content (AvgIpc) is 2.80. The quantitative estimate of drug-likeness (QED) is 0.302. The zero-order valence-corrected chi connectivity index (χ0v) is 18.5. The normalized spacial score (nSPS) is 17.8. The lowest BCUT2D eigenvalue weighted by Crippen LogP contribution is -2.24. The molecule has 33 heavy (non-hydrogen) atoms. The van der Waals surface area contributed by atoms with Gasteiger partial charge in [0.2, 0.25) is 0 Å². The number of benzene rings is 3. The number of fused-ring (bicyclic) bond motifs is 1. The molecular formula is C27H25F3O3. The van der Waals surface area contributed by atoms with Crippen molar-refractivity contribution < 1.29 is 27.4 Å². The Kier molecular flexibility index (Phi) is 6.45. The minimum absolute atomic E-state index is 0.189. The number of carbonyl (C=O) groups excluding carboxylic acids is 1. The molecule has 2 unspecified atom stereocenters. The van der Waals surface area contributed by atoms with Crippen LogP contribution in [0.4, 0.5) is 13.2 Å². The van der Waals surface area contributed by atoms with Crippen molar-refractivity contribution in [3.05, 3.63) is 83.4 Å². The highest BCUT2D eigenvalue weighted by Crippen LogP contribution is 2.42. The standard InChI is InChI=1S/C27H25F3O3/c1-17-22(16-27(28,29)30)8-7-21-15-24(13-14-25(17)21)33-26(31)20-5-3-18(4-6-20)19-9-11-23(32-2)12-10-19/h3-6,9-15,17,22H,7-8,16H2,1-2H3. The second-order valence-electron chi connectivity index (χ2n) is 8.46. The fraction of sp³-hybridized carbons (Fsp3) is 0.296. The minimum Gasteiger partial charge on any atom is -0.497 e. The van der Waals surface area contributed by atoms with Crippen molar-refractivity contribution in [3.8, 4) is 22.6 Å². The van der Waals surface area contributed by atoms with Crippen molar-refractivity contribution in [1.29, 1.82) is 0 Å². The molecule has 1 aliphatic rings. The van der Waals surface area contributed by atoms with Gasteiger partial charge in [0.25, 0.3) is 0 Å². The van der Waals surface area contributed by atoms with Gasteiger partial charge in [-0.3, -0.25) is 0 Å². The summed E-state index contributed by atoms with van der Waals surface area (Å²) < 4.78 is 49.3. The molecule has 1 aliphatic carbocycles. The number of aryl methyl sites for hydroxylation is 1. The van der Waals surface area contributed by atoms with Gasteiger partial charge in [0, 0.05) is 6.42 Å². The van der Waals surface area contributed by atoms with Crippen LogP contribution in [0.15, 0.2) is 66.7 Å². The Labute approximate surface area is 191 Å². The molecule has 3 aromatic rings. The maximum absolute atomic E-state index is 12.8. The monoisotopic (exact) mass is 454 g/mol. The zero-order valence-electron chi connectivity index (χ0n) is 18.5. The number of hydrogen-bond acceptors (Lipinski definition) is 3. The first-order valence-corrected chi connectivity index (χ1v) is 10.9. The van der Waals surface area contributed by atoms with E-state index in [0.29, 0.717) is 24.2 Å². The number of hydrogen-bond donors (Lipinski definition) is 0. The van der Waals surface area contributed by atoms with Gasteiger partial charge in [-0.05, 0) is 83.3 Å². The van der Waals surface area contributed by atoms with Crippen LogP contribution in [0.25, 0.3) is 11.1 Å². The molecule has 0 aliphatic heterocycles. The molecule has 6 heteroatoms. The van der Waals surface area contributed by atoms with Gasteiger partial charge in [-0.25, -0.2) is 4.79 Å². The molecule has 3 aromatic carbocycles. The van der Waals surface area contributed by atoms with Gasteiger partial charge in [0.15, 0.2) is 0 Å². The third-order valence-electron chi connectivity index (χ3n) is 6.34. The van der Waals surface area contributed by atoms with E-state index >= 15 is 0 Å². The largest absolute Gasteiger partial charge is 0.497 e. The lowest BCUT2D eigenvalue weighted by molar-refractivity contribution is -0.146. The van der Waals surface area contributed by atoms with Gasteiger partial charge >= 0.3 is 12.1 Å². The van der Waals surface area contributed by atoms with Gasteiger partial charge in [-0.1, -0.05) is 37.3 Å². The molecule has 0 heterocycles. The first kappa shape index (κ1) is 22.9. The topological polar surface area (TPSA) is 35.5 Å². The highest BCUT2D eigenvalue weighted by Gasteiger charge is 2.37. The molecule has 0 fully saturated rings. The average molecular weight is 454 g/mol. The SMILES string of the molecule is COc1ccc(-c2ccc(C(=O)Oc3ccc4c(c3)CCC(CC(F)(F)F)C4C)cc2)cc1. The van der Waals surface area contributed by atoms with Gasteiger partial charge in [0.1, 0.15) is 11.5 Å². The Bertz CT molecular complexity index is 1120. The Morgan fingerprint density at radius 2 is 1.55 bits per heavy atom. The van der Waals surface area contributed by atoms with Crippen molar-refractivity contribution in [2.45, 2.75) is 38.3 Å². The van der Waals surface area contributed by atoms with Crippen LogP contribution in [0.3, 0.4) is 0 Å². The highest BCUT2D eigenvalue weighted by atomic mass is 19.4. The summed E-state index contributed by atoms with van der Waals surface area (Å²) in [5, 5.41) is 0. The fourth-order valence-electron chi connectivity index (χ4n) is 4.48. The summed E-state index contributed by atoms with van der Waals surface area (Å²) in [6, 6.07) is 20.0. The summed E-state index contributed by atoms with van der Waals surface area (Å²) in [7, 11) is 1.61. The Hall–Kier alpha value is -3.28. The number of halogens is 3. The van der Waals surface area contributed by atoms with Gasteiger partial charge in [-0.2, -0.15) is 13.2 Å². The summed E-state index contributed by atoms with van der Waals surface area (Å²) in [4.78, 5) is 12.6. The summed E-state index contributed by atoms with van der Waals surface area (Å²) in [6.07, 6.45) is -3.91. The second-order valence-corrected chi connectivity index (χ2v) is 8.46. The van der Waals surface area contributed by atoms with E-state index in [0.717, 1.165) is 28.0 Å². The van der Waals surface area contributed by atoms with Crippen LogP contribution in [0.5, 0.6) is 11.5 Å². The van der Waals surface area contributed by atoms with E-state index in [1.54, 1.807) is 37.4 Å². The van der Waals surface area contributed by atoms with E-state index in [2.05, 4.69) is 0 Å². The summed E-state index contributed by atoms with van der Waals surface area (Å²) in [6.45, 7) is 1.84. The molecule has 0 radical (unpaired) electrons. The lowest BCUT2D eigenvalue weighted by Gasteiger charge is -2.32. The molecule has 2 atom stereocenters. The lowest BCUT2D eigenvalue weighted by atomic mass is 9.74. The fourth-order valence-corrected chi connectivity index (χ4v) is 4.48. The molecule has 0 bridgehead atoms. The molecule has 0 amide bonds. The molecule has 0 N–H and O–H groups in total. The van der Waals surface area contributed by atoms with Crippen LogP contribution < -0.4 is 9.47 Å².